The second-order valence-electron chi connectivity index (χ2n) is 11.1. The number of aromatic nitrogens is 1. The molecular formula is C32H51IN2O2. The summed E-state index contributed by atoms with van der Waals surface area (Å²) in [6.45, 7) is 11.7. The normalized spacial score (nSPS) is 12.0. The molecule has 0 aliphatic rings. The van der Waals surface area contributed by atoms with Gasteiger partial charge in [0.25, 0.3) is 0 Å². The lowest BCUT2D eigenvalue weighted by atomic mass is 9.85. The van der Waals surface area contributed by atoms with Gasteiger partial charge in [0.15, 0.2) is 12.4 Å². The van der Waals surface area contributed by atoms with Gasteiger partial charge in [-0.3, -0.25) is 10.1 Å². The Balaban J connectivity index is 0.00000684. The predicted octanol–water partition coefficient (Wildman–Crippen LogP) is 4.84. The van der Waals surface area contributed by atoms with E-state index in [0.717, 1.165) is 30.8 Å². The summed E-state index contributed by atoms with van der Waals surface area (Å²) in [5.74, 6) is 0.992. The number of hydrogen-bond acceptors (Lipinski definition) is 2. The van der Waals surface area contributed by atoms with Crippen molar-refractivity contribution in [2.45, 2.75) is 123 Å². The Hall–Kier alpha value is -1.63. The average molecular weight is 623 g/mol. The van der Waals surface area contributed by atoms with Crippen LogP contribution < -0.4 is 38.6 Å². The van der Waals surface area contributed by atoms with Gasteiger partial charge in [0.05, 0.1) is 13.0 Å². The van der Waals surface area contributed by atoms with Crippen LogP contribution in [0.1, 0.15) is 123 Å². The number of benzene rings is 1. The third-order valence-corrected chi connectivity index (χ3v) is 6.78. The van der Waals surface area contributed by atoms with Crippen LogP contribution in [0.25, 0.3) is 0 Å². The van der Waals surface area contributed by atoms with Gasteiger partial charge >= 0.3 is 0 Å². The maximum absolute atomic E-state index is 12.8. The number of nitrogens with one attached hydrogen (secondary N) is 1. The van der Waals surface area contributed by atoms with Crippen molar-refractivity contribution in [2.75, 3.05) is 6.61 Å². The first-order chi connectivity index (χ1) is 17.3. The number of nitrogens with zero attached hydrogens (tertiary/aromatic N) is 1. The zero-order valence-corrected chi connectivity index (χ0v) is 26.2. The van der Waals surface area contributed by atoms with Gasteiger partial charge in [-0.15, -0.1) is 0 Å². The molecular weight excluding hydrogens is 571 g/mol. The second-order valence-corrected chi connectivity index (χ2v) is 11.1. The molecule has 2 aromatic rings. The van der Waals surface area contributed by atoms with Crippen LogP contribution in [0.5, 0.6) is 5.75 Å². The van der Waals surface area contributed by atoms with E-state index >= 15 is 0 Å². The van der Waals surface area contributed by atoms with Gasteiger partial charge in [0, 0.05) is 18.6 Å². The highest BCUT2D eigenvalue weighted by molar-refractivity contribution is 5.78. The van der Waals surface area contributed by atoms with Gasteiger partial charge in [-0.05, 0) is 29.0 Å². The summed E-state index contributed by atoms with van der Waals surface area (Å²) >= 11 is 0. The lowest BCUT2D eigenvalue weighted by molar-refractivity contribution is -0.727. The molecule has 0 saturated heterocycles. The van der Waals surface area contributed by atoms with Crippen LogP contribution in [0.3, 0.4) is 0 Å². The largest absolute Gasteiger partial charge is 1.00 e. The number of rotatable bonds is 17. The van der Waals surface area contributed by atoms with Crippen LogP contribution in [0.15, 0.2) is 48.8 Å². The number of carbonyl (C=O) groups is 1. The van der Waals surface area contributed by atoms with E-state index in [1.807, 2.05) is 41.2 Å². The lowest BCUT2D eigenvalue weighted by Crippen LogP contribution is -3.00. The molecule has 5 heteroatoms. The molecule has 2 rings (SSSR count). The van der Waals surface area contributed by atoms with Gasteiger partial charge in [-0.1, -0.05) is 111 Å². The minimum absolute atomic E-state index is 0. The fraction of sp³-hybridized carbons (Fsp3) is 0.625. The quantitative estimate of drug-likeness (QED) is 0.156. The Kier molecular flexibility index (Phi) is 16.8. The standard InChI is InChI=1S/C32H50N2O2.HI/c1-6-8-9-10-11-12-13-14-15-19-24-36-29-21-20-27(25-28(29)32(3,4)5)26-31(35)33-30(7-2)34-22-17-16-18-23-34;/h16-18,20-23,25,30H,6-15,19,24,26H2,1-5H3;1H. The maximum Gasteiger partial charge on any atom is 0.233 e. The Morgan fingerprint density at radius 3 is 2.05 bits per heavy atom. The Morgan fingerprint density at radius 2 is 1.49 bits per heavy atom. The molecule has 1 heterocycles. The van der Waals surface area contributed by atoms with Gasteiger partial charge in [0.1, 0.15) is 5.75 Å². The summed E-state index contributed by atoms with van der Waals surface area (Å²) in [5.41, 5.74) is 2.15. The van der Waals surface area contributed by atoms with Crippen molar-refractivity contribution in [3.8, 4) is 5.75 Å². The molecule has 4 nitrogen and oxygen atoms in total. The third kappa shape index (κ3) is 13.1. The zero-order valence-electron chi connectivity index (χ0n) is 24.0. The molecule has 37 heavy (non-hydrogen) atoms. The van der Waals surface area contributed by atoms with Crippen LogP contribution in [0, 0.1) is 0 Å². The molecule has 0 aliphatic carbocycles. The van der Waals surface area contributed by atoms with Gasteiger partial charge < -0.3 is 28.7 Å². The first-order valence-corrected chi connectivity index (χ1v) is 14.4. The van der Waals surface area contributed by atoms with E-state index in [9.17, 15) is 4.79 Å². The first kappa shape index (κ1) is 33.4. The summed E-state index contributed by atoms with van der Waals surface area (Å²) in [5, 5.41) is 3.17. The maximum atomic E-state index is 12.8. The molecule has 1 amide bonds. The number of carbonyl (C=O) groups excluding carboxylic acids is 1. The van der Waals surface area contributed by atoms with E-state index in [1.54, 1.807) is 0 Å². The zero-order chi connectivity index (χ0) is 26.2. The van der Waals surface area contributed by atoms with Crippen molar-refractivity contribution >= 4 is 5.91 Å². The molecule has 1 aromatic heterocycles. The molecule has 1 unspecified atom stereocenters. The van der Waals surface area contributed by atoms with Crippen molar-refractivity contribution < 1.29 is 38.1 Å². The molecule has 208 valence electrons. The molecule has 1 atom stereocenters. The number of hydrogen-bond donors (Lipinski definition) is 1. The summed E-state index contributed by atoms with van der Waals surface area (Å²) in [6.07, 6.45) is 18.4. The average Bonchev–Trinajstić information content (AvgIpc) is 2.86. The van der Waals surface area contributed by atoms with E-state index in [0.29, 0.717) is 6.42 Å². The fourth-order valence-electron chi connectivity index (χ4n) is 4.60. The predicted molar refractivity (Wildman–Crippen MR) is 150 cm³/mol. The lowest BCUT2D eigenvalue weighted by Gasteiger charge is -2.24. The fourth-order valence-corrected chi connectivity index (χ4v) is 4.60. The molecule has 0 fully saturated rings. The highest BCUT2D eigenvalue weighted by atomic mass is 127. The Morgan fingerprint density at radius 1 is 0.892 bits per heavy atom. The van der Waals surface area contributed by atoms with E-state index < -0.39 is 0 Å². The summed E-state index contributed by atoms with van der Waals surface area (Å²) in [4.78, 5) is 12.8. The highest BCUT2D eigenvalue weighted by Crippen LogP contribution is 2.32. The summed E-state index contributed by atoms with van der Waals surface area (Å²) in [7, 11) is 0. The molecule has 0 bridgehead atoms. The summed E-state index contributed by atoms with van der Waals surface area (Å²) < 4.78 is 8.28. The van der Waals surface area contributed by atoms with Crippen LogP contribution in [0.2, 0.25) is 0 Å². The van der Waals surface area contributed by atoms with Gasteiger partial charge in [0.2, 0.25) is 12.1 Å². The SMILES string of the molecule is CCCCCCCCCCCCOc1ccc(CC(=O)NC(CC)[n+]2ccccc2)cc1C(C)(C)C.[I-]. The molecule has 1 aromatic carbocycles. The summed E-state index contributed by atoms with van der Waals surface area (Å²) in [6, 6.07) is 12.2. The number of ether oxygens (including phenoxy) is 1. The van der Waals surface area contributed by atoms with Crippen LogP contribution >= 0.6 is 0 Å². The van der Waals surface area contributed by atoms with Gasteiger partial charge in [-0.2, -0.15) is 4.57 Å². The molecule has 0 aliphatic heterocycles. The number of halogens is 1. The van der Waals surface area contributed by atoms with Crippen LogP contribution in [-0.4, -0.2) is 12.5 Å². The van der Waals surface area contributed by atoms with Crippen molar-refractivity contribution in [2.24, 2.45) is 0 Å². The second kappa shape index (κ2) is 18.6. The number of amides is 1. The van der Waals surface area contributed by atoms with E-state index in [-0.39, 0.29) is 41.5 Å². The topological polar surface area (TPSA) is 42.2 Å². The minimum Gasteiger partial charge on any atom is -1.00 e. The first-order valence-electron chi connectivity index (χ1n) is 14.4. The number of pyridine rings is 1. The van der Waals surface area contributed by atoms with Crippen molar-refractivity contribution in [3.05, 3.63) is 59.9 Å². The van der Waals surface area contributed by atoms with Gasteiger partial charge in [-0.25, -0.2) is 0 Å². The van der Waals surface area contributed by atoms with E-state index in [4.69, 9.17) is 4.74 Å². The minimum atomic E-state index is -0.0502. The van der Waals surface area contributed by atoms with Crippen LogP contribution in [-0.2, 0) is 16.6 Å². The Bertz CT molecular complexity index is 880. The van der Waals surface area contributed by atoms with E-state index in [1.165, 1.54) is 63.4 Å². The molecule has 0 spiro atoms. The smallest absolute Gasteiger partial charge is 0.233 e. The van der Waals surface area contributed by atoms with Crippen molar-refractivity contribution in [1.29, 1.82) is 0 Å². The van der Waals surface area contributed by atoms with Crippen molar-refractivity contribution in [1.82, 2.24) is 5.32 Å². The molecule has 0 radical (unpaired) electrons. The molecule has 0 saturated carbocycles. The number of unbranched alkanes of at least 4 members (excludes halogenated alkanes) is 9. The van der Waals surface area contributed by atoms with Crippen molar-refractivity contribution in [3.63, 3.8) is 0 Å². The third-order valence-electron chi connectivity index (χ3n) is 6.78. The Labute approximate surface area is 244 Å². The van der Waals surface area contributed by atoms with E-state index in [2.05, 4.69) is 52.1 Å². The highest BCUT2D eigenvalue weighted by Gasteiger charge is 2.22. The monoisotopic (exact) mass is 622 g/mol. The molecule has 1 N–H and O–H groups in total. The van der Waals surface area contributed by atoms with Crippen LogP contribution in [0.4, 0.5) is 0 Å².